The first kappa shape index (κ1) is 25.8. The van der Waals surface area contributed by atoms with E-state index in [1.807, 2.05) is 24.3 Å². The number of benzene rings is 2. The Labute approximate surface area is 199 Å². The van der Waals surface area contributed by atoms with Crippen LogP contribution in [0.1, 0.15) is 81.9 Å². The Hall–Kier alpha value is -2.49. The Kier molecular flexibility index (Phi) is 12.3. The Morgan fingerprint density at radius 3 is 1.84 bits per heavy atom. The molecule has 3 heteroatoms. The van der Waals surface area contributed by atoms with Crippen LogP contribution in [0.3, 0.4) is 0 Å². The smallest absolute Gasteiger partial charge is 0.136 e. The molecule has 0 aliphatic carbocycles. The maximum atomic E-state index is 6.11. The van der Waals surface area contributed by atoms with Crippen LogP contribution in [0, 0.1) is 24.2 Å². The average Bonchev–Trinajstić information content (AvgIpc) is 2.83. The van der Waals surface area contributed by atoms with Gasteiger partial charge in [0.1, 0.15) is 11.5 Å². The lowest BCUT2D eigenvalue weighted by atomic mass is 10.1. The van der Waals surface area contributed by atoms with E-state index in [0.717, 1.165) is 35.3 Å². The van der Waals surface area contributed by atoms with Crippen molar-refractivity contribution in [3.63, 3.8) is 0 Å². The lowest BCUT2D eigenvalue weighted by molar-refractivity contribution is 0.295. The van der Waals surface area contributed by atoms with Crippen LogP contribution in [0.4, 0.5) is 0 Å². The van der Waals surface area contributed by atoms with Crippen molar-refractivity contribution >= 4 is 11.8 Å². The summed E-state index contributed by atoms with van der Waals surface area (Å²) in [5.74, 6) is 10.8. The van der Waals surface area contributed by atoms with Crippen LogP contribution < -0.4 is 9.47 Å². The molecule has 2 aromatic carbocycles. The summed E-state index contributed by atoms with van der Waals surface area (Å²) in [6, 6.07) is 12.1. The summed E-state index contributed by atoms with van der Waals surface area (Å²) in [4.78, 5) is 1.23. The summed E-state index contributed by atoms with van der Waals surface area (Å²) >= 11 is 1.72. The number of rotatable bonds is 13. The number of hydrogen-bond donors (Lipinski definition) is 0. The molecule has 0 bridgehead atoms. The van der Waals surface area contributed by atoms with Gasteiger partial charge in [0.15, 0.2) is 0 Å². The van der Waals surface area contributed by atoms with Gasteiger partial charge < -0.3 is 9.47 Å². The molecule has 0 aromatic heterocycles. The van der Waals surface area contributed by atoms with Crippen molar-refractivity contribution in [1.82, 2.24) is 0 Å². The van der Waals surface area contributed by atoms with Gasteiger partial charge in [-0.05, 0) is 43.4 Å². The van der Waals surface area contributed by atoms with Crippen molar-refractivity contribution in [2.45, 2.75) is 70.1 Å². The van der Waals surface area contributed by atoms with Crippen LogP contribution in [0.5, 0.6) is 11.5 Å². The van der Waals surface area contributed by atoms with E-state index in [0.29, 0.717) is 19.0 Å². The molecule has 32 heavy (non-hydrogen) atoms. The molecule has 0 fully saturated rings. The molecule has 0 saturated heterocycles. The zero-order valence-corrected chi connectivity index (χ0v) is 20.7. The molecule has 0 saturated carbocycles. The first-order valence-electron chi connectivity index (χ1n) is 11.8. The summed E-state index contributed by atoms with van der Waals surface area (Å²) in [5, 5.41) is 0. The van der Waals surface area contributed by atoms with Gasteiger partial charge in [-0.15, -0.1) is 18.2 Å². The van der Waals surface area contributed by atoms with Gasteiger partial charge in [0.2, 0.25) is 0 Å². The lowest BCUT2D eigenvalue weighted by Gasteiger charge is -2.13. The largest absolute Gasteiger partial charge is 0.492 e. The van der Waals surface area contributed by atoms with E-state index >= 15 is 0 Å². The summed E-state index contributed by atoms with van der Waals surface area (Å²) < 4.78 is 12.1. The summed E-state index contributed by atoms with van der Waals surface area (Å²) in [6.45, 7) is 5.74. The fourth-order valence-corrected chi connectivity index (χ4v) is 3.65. The van der Waals surface area contributed by atoms with Crippen molar-refractivity contribution in [3.05, 3.63) is 53.1 Å². The maximum absolute atomic E-state index is 6.11. The Bertz CT molecular complexity index is 913. The number of unbranched alkanes of at least 4 members (excludes halogenated alkanes) is 6. The molecule has 0 amide bonds. The topological polar surface area (TPSA) is 18.5 Å². The molecule has 0 heterocycles. The number of terminal acetylenes is 1. The van der Waals surface area contributed by atoms with Crippen molar-refractivity contribution in [2.75, 3.05) is 19.5 Å². The Morgan fingerprint density at radius 1 is 0.750 bits per heavy atom. The van der Waals surface area contributed by atoms with Gasteiger partial charge in [0.05, 0.1) is 24.3 Å². The zero-order chi connectivity index (χ0) is 23.0. The van der Waals surface area contributed by atoms with E-state index in [1.54, 1.807) is 11.8 Å². The fourth-order valence-electron chi connectivity index (χ4n) is 3.25. The highest BCUT2D eigenvalue weighted by Gasteiger charge is 2.10. The molecule has 2 rings (SSSR count). The third-order valence-corrected chi connectivity index (χ3v) is 5.92. The van der Waals surface area contributed by atoms with Gasteiger partial charge in [-0.25, -0.2) is 0 Å². The normalized spacial score (nSPS) is 10.2. The standard InChI is InChI=1S/C29H36O2S/c1-5-8-10-12-20-30-28-23-26(17-14-24-15-18-27(32-4)19-16-24)29(22-25(28)7-3)31-21-13-11-9-6-2/h3,15-16,18-19,22-23H,5-6,8-13,20-21H2,1-2,4H3. The minimum Gasteiger partial charge on any atom is -0.492 e. The Morgan fingerprint density at radius 2 is 1.31 bits per heavy atom. The van der Waals surface area contributed by atoms with Crippen LogP contribution in [0.15, 0.2) is 41.3 Å². The lowest BCUT2D eigenvalue weighted by Crippen LogP contribution is -2.03. The zero-order valence-electron chi connectivity index (χ0n) is 19.8. The quantitative estimate of drug-likeness (QED) is 0.178. The molecule has 2 aromatic rings. The fraction of sp³-hybridized carbons (Fsp3) is 0.448. The molecule has 0 atom stereocenters. The van der Waals surface area contributed by atoms with Crippen LogP contribution >= 0.6 is 11.8 Å². The second kappa shape index (κ2) is 15.3. The number of thioether (sulfide) groups is 1. The summed E-state index contributed by atoms with van der Waals surface area (Å²) in [6.07, 6.45) is 17.1. The SMILES string of the molecule is C#Cc1cc(OCCCCCC)c(C#Cc2ccc(SC)cc2)cc1OCCCCCC. The molecule has 170 valence electrons. The first-order chi connectivity index (χ1) is 15.7. The Balaban J connectivity index is 2.23. The second-order valence-corrected chi connectivity index (χ2v) is 8.67. The van der Waals surface area contributed by atoms with Crippen molar-refractivity contribution in [2.24, 2.45) is 0 Å². The number of hydrogen-bond acceptors (Lipinski definition) is 3. The monoisotopic (exact) mass is 448 g/mol. The van der Waals surface area contributed by atoms with Gasteiger partial charge in [-0.2, -0.15) is 0 Å². The van der Waals surface area contributed by atoms with Gasteiger partial charge in [-0.1, -0.05) is 70.1 Å². The van der Waals surface area contributed by atoms with E-state index in [-0.39, 0.29) is 0 Å². The predicted octanol–water partition coefficient (Wildman–Crippen LogP) is 7.71. The maximum Gasteiger partial charge on any atom is 0.136 e. The van der Waals surface area contributed by atoms with Crippen molar-refractivity contribution in [1.29, 1.82) is 0 Å². The average molecular weight is 449 g/mol. The molecule has 0 spiro atoms. The summed E-state index contributed by atoms with van der Waals surface area (Å²) in [7, 11) is 0. The van der Waals surface area contributed by atoms with Crippen LogP contribution in [-0.2, 0) is 0 Å². The van der Waals surface area contributed by atoms with Gasteiger partial charge in [0, 0.05) is 22.6 Å². The number of ether oxygens (including phenoxy) is 2. The van der Waals surface area contributed by atoms with Crippen LogP contribution in [0.25, 0.3) is 0 Å². The van der Waals surface area contributed by atoms with E-state index in [4.69, 9.17) is 15.9 Å². The highest BCUT2D eigenvalue weighted by atomic mass is 32.2. The van der Waals surface area contributed by atoms with E-state index in [2.05, 4.69) is 50.0 Å². The third kappa shape index (κ3) is 8.94. The molecular formula is C29H36O2S. The molecule has 2 nitrogen and oxygen atoms in total. The van der Waals surface area contributed by atoms with Crippen molar-refractivity contribution < 1.29 is 9.47 Å². The third-order valence-electron chi connectivity index (χ3n) is 5.18. The van der Waals surface area contributed by atoms with Gasteiger partial charge >= 0.3 is 0 Å². The first-order valence-corrected chi connectivity index (χ1v) is 13.0. The van der Waals surface area contributed by atoms with Crippen LogP contribution in [0.2, 0.25) is 0 Å². The minimum absolute atomic E-state index is 0.662. The molecule has 0 aliphatic heterocycles. The minimum atomic E-state index is 0.662. The van der Waals surface area contributed by atoms with Crippen LogP contribution in [-0.4, -0.2) is 19.5 Å². The highest BCUT2D eigenvalue weighted by Crippen LogP contribution is 2.29. The summed E-state index contributed by atoms with van der Waals surface area (Å²) in [5.41, 5.74) is 2.51. The highest BCUT2D eigenvalue weighted by molar-refractivity contribution is 7.98. The molecule has 0 unspecified atom stereocenters. The van der Waals surface area contributed by atoms with Crippen molar-refractivity contribution in [3.8, 4) is 35.7 Å². The van der Waals surface area contributed by atoms with E-state index in [1.165, 1.54) is 43.4 Å². The second-order valence-electron chi connectivity index (χ2n) is 7.79. The van der Waals surface area contributed by atoms with Gasteiger partial charge in [-0.3, -0.25) is 0 Å². The molecular weight excluding hydrogens is 412 g/mol. The predicted molar refractivity (Wildman–Crippen MR) is 138 cm³/mol. The van der Waals surface area contributed by atoms with E-state index in [9.17, 15) is 0 Å². The molecule has 0 N–H and O–H groups in total. The van der Waals surface area contributed by atoms with E-state index < -0.39 is 0 Å². The molecule has 0 radical (unpaired) electrons. The van der Waals surface area contributed by atoms with Gasteiger partial charge in [0.25, 0.3) is 0 Å². The molecule has 0 aliphatic rings.